The quantitative estimate of drug-likeness (QED) is 0.711. The molecule has 1 aliphatic rings. The monoisotopic (exact) mass is 362 g/mol. The number of halogens is 1. The number of terminal acetylenes is 1. The topological polar surface area (TPSA) is 58.1 Å². The Balaban J connectivity index is 1.63. The Morgan fingerprint density at radius 2 is 2.15 bits per heavy atom. The minimum Gasteiger partial charge on any atom is -0.324 e. The summed E-state index contributed by atoms with van der Waals surface area (Å²) in [5, 5.41) is 4.37. The number of aromatic nitrogens is 2. The number of anilines is 3. The molecule has 2 aromatic carbocycles. The van der Waals surface area contributed by atoms with Crippen molar-refractivity contribution in [1.29, 1.82) is 0 Å². The Labute approximate surface area is 156 Å². The Morgan fingerprint density at radius 3 is 2.92 bits per heavy atom. The molecule has 0 spiro atoms. The fraction of sp³-hybridized carbons (Fsp3) is 0.150. The van der Waals surface area contributed by atoms with Crippen molar-refractivity contribution in [3.8, 4) is 12.3 Å². The van der Waals surface area contributed by atoms with Crippen LogP contribution in [-0.4, -0.2) is 22.4 Å². The maximum Gasteiger partial charge on any atom is 0.227 e. The van der Waals surface area contributed by atoms with E-state index in [0.717, 1.165) is 24.3 Å². The van der Waals surface area contributed by atoms with E-state index in [1.165, 1.54) is 0 Å². The van der Waals surface area contributed by atoms with E-state index in [4.69, 9.17) is 18.0 Å². The summed E-state index contributed by atoms with van der Waals surface area (Å²) < 4.78 is 0. The molecule has 4 rings (SSSR count). The SMILES string of the molecule is C#Cc1ccc2nc(Nc3cccc(N4CCCC4=O)c3)ncc2c1Cl. The third-order valence-electron chi connectivity index (χ3n) is 4.34. The zero-order valence-electron chi connectivity index (χ0n) is 13.9. The van der Waals surface area contributed by atoms with Crippen LogP contribution < -0.4 is 10.2 Å². The van der Waals surface area contributed by atoms with Crippen molar-refractivity contribution < 1.29 is 4.79 Å². The number of fused-ring (bicyclic) bond motifs is 1. The first-order valence-electron chi connectivity index (χ1n) is 8.25. The number of amides is 1. The van der Waals surface area contributed by atoms with E-state index in [0.29, 0.717) is 33.9 Å². The van der Waals surface area contributed by atoms with E-state index >= 15 is 0 Å². The van der Waals surface area contributed by atoms with Crippen LogP contribution in [0.25, 0.3) is 10.9 Å². The predicted molar refractivity (Wildman–Crippen MR) is 104 cm³/mol. The van der Waals surface area contributed by atoms with Crippen LogP contribution in [0.4, 0.5) is 17.3 Å². The smallest absolute Gasteiger partial charge is 0.227 e. The van der Waals surface area contributed by atoms with E-state index in [9.17, 15) is 4.79 Å². The van der Waals surface area contributed by atoms with Gasteiger partial charge in [-0.25, -0.2) is 9.97 Å². The van der Waals surface area contributed by atoms with Crippen LogP contribution in [-0.2, 0) is 4.79 Å². The van der Waals surface area contributed by atoms with E-state index in [2.05, 4.69) is 21.2 Å². The fourth-order valence-corrected chi connectivity index (χ4v) is 3.31. The lowest BCUT2D eigenvalue weighted by molar-refractivity contribution is -0.117. The number of rotatable bonds is 3. The van der Waals surface area contributed by atoms with Gasteiger partial charge in [-0.15, -0.1) is 6.42 Å². The second-order valence-corrected chi connectivity index (χ2v) is 6.40. The van der Waals surface area contributed by atoms with Crippen LogP contribution in [0.3, 0.4) is 0 Å². The highest BCUT2D eigenvalue weighted by Crippen LogP contribution is 2.28. The molecule has 1 fully saturated rings. The van der Waals surface area contributed by atoms with Crippen molar-refractivity contribution in [3.05, 3.63) is 53.2 Å². The number of hydrogen-bond acceptors (Lipinski definition) is 4. The molecule has 26 heavy (non-hydrogen) atoms. The lowest BCUT2D eigenvalue weighted by Gasteiger charge is -2.16. The lowest BCUT2D eigenvalue weighted by Crippen LogP contribution is -2.23. The molecular formula is C20H15ClN4O. The first-order chi connectivity index (χ1) is 12.7. The molecule has 2 heterocycles. The molecule has 0 unspecified atom stereocenters. The van der Waals surface area contributed by atoms with Crippen LogP contribution in [0.15, 0.2) is 42.6 Å². The Kier molecular flexibility index (Phi) is 4.19. The van der Waals surface area contributed by atoms with Gasteiger partial charge in [-0.3, -0.25) is 4.79 Å². The van der Waals surface area contributed by atoms with E-state index in [1.807, 2.05) is 30.3 Å². The van der Waals surface area contributed by atoms with Crippen molar-refractivity contribution in [2.24, 2.45) is 0 Å². The number of nitrogens with one attached hydrogen (secondary N) is 1. The number of carbonyl (C=O) groups is 1. The maximum atomic E-state index is 11.9. The summed E-state index contributed by atoms with van der Waals surface area (Å²) in [7, 11) is 0. The molecule has 3 aromatic rings. The third kappa shape index (κ3) is 2.96. The molecule has 1 N–H and O–H groups in total. The summed E-state index contributed by atoms with van der Waals surface area (Å²) in [4.78, 5) is 22.5. The molecule has 5 nitrogen and oxygen atoms in total. The molecule has 0 saturated carbocycles. The number of nitrogens with zero attached hydrogens (tertiary/aromatic N) is 3. The van der Waals surface area contributed by atoms with Crippen LogP contribution in [0, 0.1) is 12.3 Å². The molecule has 1 saturated heterocycles. The summed E-state index contributed by atoms with van der Waals surface area (Å²) in [6, 6.07) is 11.2. The molecule has 128 valence electrons. The van der Waals surface area contributed by atoms with Gasteiger partial charge >= 0.3 is 0 Å². The van der Waals surface area contributed by atoms with Gasteiger partial charge in [-0.1, -0.05) is 23.6 Å². The minimum absolute atomic E-state index is 0.156. The van der Waals surface area contributed by atoms with Gasteiger partial charge in [0.2, 0.25) is 11.9 Å². The Bertz CT molecular complexity index is 1060. The van der Waals surface area contributed by atoms with Crippen molar-refractivity contribution in [2.75, 3.05) is 16.8 Å². The zero-order chi connectivity index (χ0) is 18.1. The standard InChI is InChI=1S/C20H15ClN4O/c1-2-13-8-9-17-16(19(13)21)12-22-20(24-17)23-14-5-3-6-15(11-14)25-10-4-7-18(25)26/h1,3,5-6,8-9,11-12H,4,7,10H2,(H,22,23,24). The lowest BCUT2D eigenvalue weighted by atomic mass is 10.1. The molecule has 1 aromatic heterocycles. The Morgan fingerprint density at radius 1 is 1.27 bits per heavy atom. The summed E-state index contributed by atoms with van der Waals surface area (Å²) in [6.45, 7) is 0.755. The average Bonchev–Trinajstić information content (AvgIpc) is 3.08. The normalized spacial score (nSPS) is 13.8. The summed E-state index contributed by atoms with van der Waals surface area (Å²) in [5.41, 5.74) is 3.01. The molecule has 0 radical (unpaired) electrons. The second kappa shape index (κ2) is 6.66. The van der Waals surface area contributed by atoms with Crippen LogP contribution >= 0.6 is 11.6 Å². The fourth-order valence-electron chi connectivity index (χ4n) is 3.05. The number of hydrogen-bond donors (Lipinski definition) is 1. The van der Waals surface area contributed by atoms with Gasteiger partial charge < -0.3 is 10.2 Å². The molecule has 0 atom stereocenters. The highest BCUT2D eigenvalue weighted by Gasteiger charge is 2.21. The third-order valence-corrected chi connectivity index (χ3v) is 4.75. The van der Waals surface area contributed by atoms with Gasteiger partial charge in [0.1, 0.15) is 0 Å². The second-order valence-electron chi connectivity index (χ2n) is 6.02. The molecule has 1 amide bonds. The van der Waals surface area contributed by atoms with Crippen molar-refractivity contribution in [2.45, 2.75) is 12.8 Å². The average molecular weight is 363 g/mol. The van der Waals surface area contributed by atoms with Crippen LogP contribution in [0.2, 0.25) is 5.02 Å². The van der Waals surface area contributed by atoms with Gasteiger partial charge in [0.25, 0.3) is 0 Å². The van der Waals surface area contributed by atoms with E-state index < -0.39 is 0 Å². The van der Waals surface area contributed by atoms with E-state index in [-0.39, 0.29) is 5.91 Å². The van der Waals surface area contributed by atoms with Gasteiger partial charge in [-0.05, 0) is 36.8 Å². The van der Waals surface area contributed by atoms with Gasteiger partial charge in [0, 0.05) is 41.5 Å². The van der Waals surface area contributed by atoms with Crippen molar-refractivity contribution in [1.82, 2.24) is 9.97 Å². The van der Waals surface area contributed by atoms with Gasteiger partial charge in [0.05, 0.1) is 10.5 Å². The summed E-state index contributed by atoms with van der Waals surface area (Å²) >= 11 is 6.28. The predicted octanol–water partition coefficient (Wildman–Crippen LogP) is 4.13. The van der Waals surface area contributed by atoms with Crippen molar-refractivity contribution >= 4 is 45.7 Å². The first-order valence-corrected chi connectivity index (χ1v) is 8.63. The Hall–Kier alpha value is -3.10. The molecule has 6 heteroatoms. The van der Waals surface area contributed by atoms with Gasteiger partial charge in [0.15, 0.2) is 0 Å². The molecule has 1 aliphatic heterocycles. The summed E-state index contributed by atoms with van der Waals surface area (Å²) in [6.07, 6.45) is 8.58. The minimum atomic E-state index is 0.156. The maximum absolute atomic E-state index is 11.9. The van der Waals surface area contributed by atoms with Gasteiger partial charge in [-0.2, -0.15) is 0 Å². The first kappa shape index (κ1) is 16.4. The van der Waals surface area contributed by atoms with Crippen LogP contribution in [0.5, 0.6) is 0 Å². The molecular weight excluding hydrogens is 348 g/mol. The van der Waals surface area contributed by atoms with E-state index in [1.54, 1.807) is 17.2 Å². The highest BCUT2D eigenvalue weighted by atomic mass is 35.5. The molecule has 0 aliphatic carbocycles. The zero-order valence-corrected chi connectivity index (χ0v) is 14.6. The number of benzene rings is 2. The molecule has 0 bridgehead atoms. The summed E-state index contributed by atoms with van der Waals surface area (Å²) in [5.74, 6) is 3.15. The van der Waals surface area contributed by atoms with Crippen LogP contribution in [0.1, 0.15) is 18.4 Å². The highest BCUT2D eigenvalue weighted by molar-refractivity contribution is 6.36. The number of carbonyl (C=O) groups excluding carboxylic acids is 1. The van der Waals surface area contributed by atoms with Crippen molar-refractivity contribution in [3.63, 3.8) is 0 Å². The largest absolute Gasteiger partial charge is 0.324 e.